The van der Waals surface area contributed by atoms with Crippen molar-refractivity contribution in [3.63, 3.8) is 0 Å². The van der Waals surface area contributed by atoms with Gasteiger partial charge in [0.25, 0.3) is 0 Å². The summed E-state index contributed by atoms with van der Waals surface area (Å²) in [6.07, 6.45) is 2.45. The average molecular weight is 390 g/mol. The molecule has 1 aromatic heterocycles. The quantitative estimate of drug-likeness (QED) is 0.789. The van der Waals surface area contributed by atoms with E-state index in [0.717, 1.165) is 26.7 Å². The molecule has 0 amide bonds. The SMILES string of the molecule is CCCOc1c(Br)cc(CNc2ncn[nH]2)cc1Br. The molecule has 0 spiro atoms. The second-order valence-electron chi connectivity index (χ2n) is 3.92. The number of aromatic nitrogens is 3. The Morgan fingerprint density at radius 3 is 2.63 bits per heavy atom. The van der Waals surface area contributed by atoms with Gasteiger partial charge in [-0.2, -0.15) is 5.10 Å². The van der Waals surface area contributed by atoms with E-state index in [9.17, 15) is 0 Å². The summed E-state index contributed by atoms with van der Waals surface area (Å²) in [5.74, 6) is 1.49. The van der Waals surface area contributed by atoms with E-state index < -0.39 is 0 Å². The van der Waals surface area contributed by atoms with Crippen LogP contribution in [0.15, 0.2) is 27.4 Å². The molecule has 0 unspecified atom stereocenters. The lowest BCUT2D eigenvalue weighted by molar-refractivity contribution is 0.313. The van der Waals surface area contributed by atoms with Crippen LogP contribution in [0.4, 0.5) is 5.95 Å². The first-order valence-electron chi connectivity index (χ1n) is 5.90. The maximum absolute atomic E-state index is 5.68. The van der Waals surface area contributed by atoms with E-state index in [1.165, 1.54) is 6.33 Å². The van der Waals surface area contributed by atoms with E-state index in [4.69, 9.17) is 4.74 Å². The van der Waals surface area contributed by atoms with Crippen molar-refractivity contribution in [2.75, 3.05) is 11.9 Å². The van der Waals surface area contributed by atoms with Gasteiger partial charge in [0.15, 0.2) is 0 Å². The second-order valence-corrected chi connectivity index (χ2v) is 5.63. The molecule has 2 rings (SSSR count). The molecule has 2 aromatic rings. The van der Waals surface area contributed by atoms with Gasteiger partial charge in [0, 0.05) is 6.54 Å². The number of benzene rings is 1. The van der Waals surface area contributed by atoms with Crippen molar-refractivity contribution < 1.29 is 4.74 Å². The highest BCUT2D eigenvalue weighted by Gasteiger charge is 2.09. The summed E-state index contributed by atoms with van der Waals surface area (Å²) in [5, 5.41) is 9.68. The molecular formula is C12H14Br2N4O. The molecule has 0 aliphatic rings. The van der Waals surface area contributed by atoms with Crippen LogP contribution in [0.3, 0.4) is 0 Å². The first-order valence-corrected chi connectivity index (χ1v) is 7.49. The third kappa shape index (κ3) is 3.94. The Balaban J connectivity index is 2.06. The van der Waals surface area contributed by atoms with Crippen LogP contribution in [0.5, 0.6) is 5.75 Å². The number of hydrogen-bond acceptors (Lipinski definition) is 4. The monoisotopic (exact) mass is 388 g/mol. The molecule has 2 N–H and O–H groups in total. The number of rotatable bonds is 6. The Morgan fingerprint density at radius 1 is 1.32 bits per heavy atom. The summed E-state index contributed by atoms with van der Waals surface area (Å²) in [6.45, 7) is 3.44. The second kappa shape index (κ2) is 6.91. The third-order valence-corrected chi connectivity index (χ3v) is 3.56. The minimum Gasteiger partial charge on any atom is -0.491 e. The van der Waals surface area contributed by atoms with Gasteiger partial charge in [-0.1, -0.05) is 6.92 Å². The fourth-order valence-corrected chi connectivity index (χ4v) is 3.04. The van der Waals surface area contributed by atoms with Gasteiger partial charge in [0.2, 0.25) is 5.95 Å². The number of nitrogens with one attached hydrogen (secondary N) is 2. The maximum Gasteiger partial charge on any atom is 0.218 e. The summed E-state index contributed by atoms with van der Waals surface area (Å²) < 4.78 is 7.55. The molecule has 0 atom stereocenters. The van der Waals surface area contributed by atoms with Crippen molar-refractivity contribution in [1.29, 1.82) is 0 Å². The Bertz CT molecular complexity index is 508. The van der Waals surface area contributed by atoms with Crippen molar-refractivity contribution in [1.82, 2.24) is 15.2 Å². The Morgan fingerprint density at radius 2 is 2.05 bits per heavy atom. The van der Waals surface area contributed by atoms with Crippen LogP contribution >= 0.6 is 31.9 Å². The van der Waals surface area contributed by atoms with Crippen molar-refractivity contribution in [2.24, 2.45) is 0 Å². The van der Waals surface area contributed by atoms with Crippen LogP contribution in [0.1, 0.15) is 18.9 Å². The Labute approximate surface area is 128 Å². The van der Waals surface area contributed by atoms with Gasteiger partial charge in [-0.25, -0.2) is 10.1 Å². The summed E-state index contributed by atoms with van der Waals surface area (Å²) in [6, 6.07) is 4.05. The van der Waals surface area contributed by atoms with E-state index in [-0.39, 0.29) is 0 Å². The van der Waals surface area contributed by atoms with Crippen molar-refractivity contribution in [3.8, 4) is 5.75 Å². The number of H-pyrrole nitrogens is 1. The van der Waals surface area contributed by atoms with Crippen LogP contribution < -0.4 is 10.1 Å². The molecule has 0 saturated carbocycles. The zero-order chi connectivity index (χ0) is 13.7. The maximum atomic E-state index is 5.68. The number of anilines is 1. The summed E-state index contributed by atoms with van der Waals surface area (Å²) in [4.78, 5) is 4.01. The molecular weight excluding hydrogens is 376 g/mol. The minimum atomic E-state index is 0.651. The van der Waals surface area contributed by atoms with Crippen molar-refractivity contribution >= 4 is 37.8 Å². The van der Waals surface area contributed by atoms with Gasteiger partial charge in [-0.3, -0.25) is 0 Å². The summed E-state index contributed by atoms with van der Waals surface area (Å²) in [7, 11) is 0. The molecule has 0 fully saturated rings. The van der Waals surface area contributed by atoms with E-state index in [0.29, 0.717) is 19.1 Å². The number of nitrogens with zero attached hydrogens (tertiary/aromatic N) is 2. The highest BCUT2D eigenvalue weighted by Crippen LogP contribution is 2.35. The van der Waals surface area contributed by atoms with Crippen LogP contribution in [-0.4, -0.2) is 21.8 Å². The molecule has 1 heterocycles. The summed E-state index contributed by atoms with van der Waals surface area (Å²) in [5.41, 5.74) is 1.11. The van der Waals surface area contributed by atoms with Crippen molar-refractivity contribution in [2.45, 2.75) is 19.9 Å². The predicted octanol–water partition coefficient (Wildman–Crippen LogP) is 3.73. The van der Waals surface area contributed by atoms with E-state index in [1.807, 2.05) is 12.1 Å². The smallest absolute Gasteiger partial charge is 0.218 e. The van der Waals surface area contributed by atoms with Crippen molar-refractivity contribution in [3.05, 3.63) is 33.0 Å². The van der Waals surface area contributed by atoms with Gasteiger partial charge >= 0.3 is 0 Å². The number of ether oxygens (including phenoxy) is 1. The van der Waals surface area contributed by atoms with E-state index >= 15 is 0 Å². The molecule has 1 aromatic carbocycles. The van der Waals surface area contributed by atoms with Crippen LogP contribution in [-0.2, 0) is 6.54 Å². The largest absolute Gasteiger partial charge is 0.491 e. The fourth-order valence-electron chi connectivity index (χ4n) is 1.53. The van der Waals surface area contributed by atoms with Crippen LogP contribution in [0.25, 0.3) is 0 Å². The number of aromatic amines is 1. The van der Waals surface area contributed by atoms with Crippen LogP contribution in [0, 0.1) is 0 Å². The lowest BCUT2D eigenvalue weighted by Gasteiger charge is -2.12. The Kier molecular flexibility index (Phi) is 5.21. The van der Waals surface area contributed by atoms with Crippen LogP contribution in [0.2, 0.25) is 0 Å². The van der Waals surface area contributed by atoms with Gasteiger partial charge in [0.1, 0.15) is 12.1 Å². The first kappa shape index (κ1) is 14.3. The average Bonchev–Trinajstić information content (AvgIpc) is 2.88. The molecule has 0 bridgehead atoms. The molecule has 19 heavy (non-hydrogen) atoms. The zero-order valence-corrected chi connectivity index (χ0v) is 13.6. The molecule has 0 aliphatic carbocycles. The molecule has 7 heteroatoms. The molecule has 5 nitrogen and oxygen atoms in total. The van der Waals surface area contributed by atoms with Gasteiger partial charge in [0.05, 0.1) is 15.6 Å². The topological polar surface area (TPSA) is 62.8 Å². The number of hydrogen-bond donors (Lipinski definition) is 2. The lowest BCUT2D eigenvalue weighted by Crippen LogP contribution is -2.02. The number of halogens is 2. The first-order chi connectivity index (χ1) is 9.20. The van der Waals surface area contributed by atoms with E-state index in [2.05, 4.69) is 59.3 Å². The van der Waals surface area contributed by atoms with Gasteiger partial charge in [-0.15, -0.1) is 0 Å². The standard InChI is InChI=1S/C12H14Br2N4O/c1-2-3-19-11-9(13)4-8(5-10(11)14)6-15-12-16-7-17-18-12/h4-5,7H,2-3,6H2,1H3,(H2,15,16,17,18). The predicted molar refractivity (Wildman–Crippen MR) is 81.3 cm³/mol. The van der Waals surface area contributed by atoms with Gasteiger partial charge in [-0.05, 0) is 56.0 Å². The molecule has 0 saturated heterocycles. The molecule has 0 aliphatic heterocycles. The summed E-state index contributed by atoms with van der Waals surface area (Å²) >= 11 is 7.06. The minimum absolute atomic E-state index is 0.651. The Hall–Kier alpha value is -1.08. The highest BCUT2D eigenvalue weighted by atomic mass is 79.9. The lowest BCUT2D eigenvalue weighted by atomic mass is 10.2. The highest BCUT2D eigenvalue weighted by molar-refractivity contribution is 9.11. The molecule has 0 radical (unpaired) electrons. The van der Waals surface area contributed by atoms with Gasteiger partial charge < -0.3 is 10.1 Å². The normalized spacial score (nSPS) is 10.5. The third-order valence-electron chi connectivity index (χ3n) is 2.38. The van der Waals surface area contributed by atoms with E-state index in [1.54, 1.807) is 0 Å². The zero-order valence-electron chi connectivity index (χ0n) is 10.4. The molecule has 102 valence electrons. The fraction of sp³-hybridized carbons (Fsp3) is 0.333.